The van der Waals surface area contributed by atoms with Gasteiger partial charge in [-0.3, -0.25) is 0 Å². The highest BCUT2D eigenvalue weighted by Crippen LogP contribution is 2.31. The summed E-state index contributed by atoms with van der Waals surface area (Å²) >= 11 is 0. The van der Waals surface area contributed by atoms with Crippen molar-refractivity contribution >= 4 is 25.9 Å². The third-order valence-electron chi connectivity index (χ3n) is 3.81. The number of anilines is 1. The van der Waals surface area contributed by atoms with Crippen molar-refractivity contribution in [2.75, 3.05) is 38.1 Å². The molecular weight excluding hydrogens is 279 g/mol. The summed E-state index contributed by atoms with van der Waals surface area (Å²) in [6.07, 6.45) is 0. The summed E-state index contributed by atoms with van der Waals surface area (Å²) < 4.78 is 5.27. The first-order chi connectivity index (χ1) is 10.3. The Morgan fingerprint density at radius 1 is 1.00 bits per heavy atom. The molecule has 0 bridgehead atoms. The molecule has 1 aliphatic heterocycles. The molecule has 4 heteroatoms. The van der Waals surface area contributed by atoms with Crippen LogP contribution in [0.15, 0.2) is 36.4 Å². The van der Waals surface area contributed by atoms with Gasteiger partial charge in [0.25, 0.3) is 0 Å². The summed E-state index contributed by atoms with van der Waals surface area (Å²) in [5.41, 5.74) is 1.31. The number of piperazine rings is 1. The van der Waals surface area contributed by atoms with Gasteiger partial charge in [-0.2, -0.15) is 0 Å². The highest BCUT2D eigenvalue weighted by molar-refractivity contribution is 7.10. The quantitative estimate of drug-likeness (QED) is 0.785. The second-order valence-corrected chi connectivity index (χ2v) is 5.30. The lowest BCUT2D eigenvalue weighted by molar-refractivity contribution is 0.313. The molecule has 0 spiro atoms. The Labute approximate surface area is 130 Å². The monoisotopic (exact) mass is 304 g/mol. The first-order valence-corrected chi connectivity index (χ1v) is 8.08. The number of benzene rings is 2. The molecule has 1 atom stereocenters. The average molecular weight is 304 g/mol. The summed E-state index contributed by atoms with van der Waals surface area (Å²) in [5.74, 6) is 0.888. The molecule has 1 fully saturated rings. The minimum Gasteiger partial charge on any atom is -0.480 e. The third kappa shape index (κ3) is 3.66. The molecule has 1 aliphatic rings. The fourth-order valence-electron chi connectivity index (χ4n) is 2.63. The maximum atomic E-state index is 5.27. The fraction of sp³-hybridized carbons (Fsp3) is 0.412. The number of nitrogens with zero attached hydrogens (tertiary/aromatic N) is 2. The Morgan fingerprint density at radius 3 is 2.38 bits per heavy atom. The van der Waals surface area contributed by atoms with Crippen LogP contribution >= 0.6 is 9.47 Å². The maximum Gasteiger partial charge on any atom is 0.123 e. The summed E-state index contributed by atoms with van der Waals surface area (Å²) in [6.45, 7) is 8.41. The minimum absolute atomic E-state index is 0.888. The first-order valence-electron chi connectivity index (χ1n) is 7.61. The Kier molecular flexibility index (Phi) is 5.84. The molecule has 0 aromatic heterocycles. The van der Waals surface area contributed by atoms with E-state index >= 15 is 0 Å². The molecule has 2 aromatic carbocycles. The molecule has 0 aliphatic carbocycles. The van der Waals surface area contributed by atoms with Gasteiger partial charge in [-0.05, 0) is 30.6 Å². The molecule has 3 nitrogen and oxygen atoms in total. The van der Waals surface area contributed by atoms with Gasteiger partial charge in [0.15, 0.2) is 0 Å². The summed E-state index contributed by atoms with van der Waals surface area (Å²) in [7, 11) is 4.49. The van der Waals surface area contributed by atoms with Crippen molar-refractivity contribution in [1.29, 1.82) is 0 Å². The Bertz CT molecular complexity index is 580. The smallest absolute Gasteiger partial charge is 0.123 e. The lowest BCUT2D eigenvalue weighted by Crippen LogP contribution is -2.44. The second kappa shape index (κ2) is 7.63. The van der Waals surface area contributed by atoms with Crippen LogP contribution in [0.3, 0.4) is 0 Å². The zero-order valence-electron chi connectivity index (χ0n) is 13.2. The predicted octanol–water partition coefficient (Wildman–Crippen LogP) is 3.79. The Balaban J connectivity index is 0.000000774. The normalized spacial score (nSPS) is 15.5. The van der Waals surface area contributed by atoms with Crippen molar-refractivity contribution < 1.29 is 4.52 Å². The van der Waals surface area contributed by atoms with E-state index < -0.39 is 0 Å². The highest BCUT2D eigenvalue weighted by Gasteiger charge is 2.16. The van der Waals surface area contributed by atoms with Crippen molar-refractivity contribution in [3.8, 4) is 5.75 Å². The molecule has 21 heavy (non-hydrogen) atoms. The lowest BCUT2D eigenvalue weighted by Gasteiger charge is -2.34. The number of hydrogen-bond acceptors (Lipinski definition) is 3. The predicted molar refractivity (Wildman–Crippen MR) is 95.3 cm³/mol. The van der Waals surface area contributed by atoms with E-state index in [0.29, 0.717) is 0 Å². The molecule has 0 N–H and O–H groups in total. The highest BCUT2D eigenvalue weighted by atomic mass is 31.0. The van der Waals surface area contributed by atoms with Crippen LogP contribution in [0.5, 0.6) is 5.75 Å². The van der Waals surface area contributed by atoms with Crippen molar-refractivity contribution in [3.05, 3.63) is 36.4 Å². The average Bonchev–Trinajstić information content (AvgIpc) is 2.56. The molecule has 1 heterocycles. The van der Waals surface area contributed by atoms with Crippen molar-refractivity contribution in [2.45, 2.75) is 13.8 Å². The molecule has 0 saturated carbocycles. The number of rotatable bonds is 2. The van der Waals surface area contributed by atoms with Crippen LogP contribution in [0.2, 0.25) is 0 Å². The van der Waals surface area contributed by atoms with Crippen LogP contribution in [0, 0.1) is 0 Å². The zero-order chi connectivity index (χ0) is 15.2. The van der Waals surface area contributed by atoms with E-state index in [1.807, 2.05) is 19.9 Å². The Hall–Kier alpha value is -1.31. The lowest BCUT2D eigenvalue weighted by atomic mass is 10.1. The number of fused-ring (bicyclic) bond motifs is 1. The molecular formula is C17H25N2OP. The van der Waals surface area contributed by atoms with E-state index in [0.717, 1.165) is 31.9 Å². The molecule has 2 aromatic rings. The van der Waals surface area contributed by atoms with Gasteiger partial charge in [0, 0.05) is 37.3 Å². The van der Waals surface area contributed by atoms with Crippen LogP contribution in [-0.2, 0) is 0 Å². The molecule has 3 rings (SSSR count). The van der Waals surface area contributed by atoms with Gasteiger partial charge in [-0.25, -0.2) is 0 Å². The fourth-order valence-corrected chi connectivity index (χ4v) is 2.78. The third-order valence-corrected chi connectivity index (χ3v) is 4.08. The van der Waals surface area contributed by atoms with Gasteiger partial charge in [0.1, 0.15) is 5.75 Å². The van der Waals surface area contributed by atoms with E-state index in [2.05, 4.69) is 56.6 Å². The summed E-state index contributed by atoms with van der Waals surface area (Å²) in [5, 5.41) is 2.54. The van der Waals surface area contributed by atoms with Gasteiger partial charge in [-0.15, -0.1) is 0 Å². The van der Waals surface area contributed by atoms with E-state index in [1.54, 1.807) is 0 Å². The van der Waals surface area contributed by atoms with Crippen molar-refractivity contribution in [2.24, 2.45) is 0 Å². The van der Waals surface area contributed by atoms with Gasteiger partial charge >= 0.3 is 0 Å². The molecule has 0 amide bonds. The molecule has 1 saturated heterocycles. The van der Waals surface area contributed by atoms with Gasteiger partial charge in [-0.1, -0.05) is 32.0 Å². The Morgan fingerprint density at radius 2 is 1.71 bits per heavy atom. The molecule has 1 unspecified atom stereocenters. The summed E-state index contributed by atoms with van der Waals surface area (Å²) in [4.78, 5) is 4.84. The SMILES string of the molecule is CC.CN1CCN(c2cccc3ccc(OP)cc23)CC1. The van der Waals surface area contributed by atoms with Gasteiger partial charge in [0.05, 0.1) is 9.47 Å². The number of hydrogen-bond donors (Lipinski definition) is 0. The largest absolute Gasteiger partial charge is 0.480 e. The van der Waals surface area contributed by atoms with Crippen LogP contribution in [0.25, 0.3) is 10.8 Å². The maximum absolute atomic E-state index is 5.27. The van der Waals surface area contributed by atoms with Crippen molar-refractivity contribution in [1.82, 2.24) is 4.90 Å². The van der Waals surface area contributed by atoms with Crippen LogP contribution < -0.4 is 9.42 Å². The summed E-state index contributed by atoms with van der Waals surface area (Å²) in [6, 6.07) is 12.7. The van der Waals surface area contributed by atoms with Crippen LogP contribution in [0.4, 0.5) is 5.69 Å². The first kappa shape index (κ1) is 16.1. The van der Waals surface area contributed by atoms with E-state index in [1.165, 1.54) is 16.5 Å². The van der Waals surface area contributed by atoms with E-state index in [-0.39, 0.29) is 0 Å². The van der Waals surface area contributed by atoms with E-state index in [4.69, 9.17) is 4.52 Å². The van der Waals surface area contributed by atoms with Crippen LogP contribution in [0.1, 0.15) is 13.8 Å². The van der Waals surface area contributed by atoms with Crippen molar-refractivity contribution in [3.63, 3.8) is 0 Å². The van der Waals surface area contributed by atoms with Gasteiger partial charge < -0.3 is 14.3 Å². The molecule has 0 radical (unpaired) electrons. The second-order valence-electron chi connectivity index (χ2n) is 5.07. The van der Waals surface area contributed by atoms with Gasteiger partial charge in [0.2, 0.25) is 0 Å². The standard InChI is InChI=1S/C15H19N2OP.C2H6/c1-16-7-9-17(10-8-16)15-4-2-3-12-5-6-13(18-19)11-14(12)15;1-2/h2-6,11H,7-10,19H2,1H3;1-2H3. The number of likely N-dealkylation sites (N-methyl/N-ethyl adjacent to an activating group) is 1. The van der Waals surface area contributed by atoms with E-state index in [9.17, 15) is 0 Å². The van der Waals surface area contributed by atoms with Crippen LogP contribution in [-0.4, -0.2) is 38.1 Å². The molecule has 114 valence electrons. The zero-order valence-corrected chi connectivity index (χ0v) is 14.3. The topological polar surface area (TPSA) is 15.7 Å². The minimum atomic E-state index is 0.888.